The third kappa shape index (κ3) is 13.7. The highest BCUT2D eigenvalue weighted by atomic mass is 79.9. The van der Waals surface area contributed by atoms with Crippen molar-refractivity contribution >= 4 is 50.6 Å². The van der Waals surface area contributed by atoms with Crippen molar-refractivity contribution in [2.75, 3.05) is 13.7 Å². The maximum Gasteiger partial charge on any atom is 0.338 e. The molecule has 8 aliphatic heterocycles. The first-order valence-corrected chi connectivity index (χ1v) is 35.0. The van der Waals surface area contributed by atoms with Gasteiger partial charge in [-0.3, -0.25) is 4.79 Å². The molecule has 8 heterocycles. The molecule has 0 saturated carbocycles. The number of ether oxygens (including phenoxy) is 9. The number of carbonyl (C=O) groups is 3. The molecule has 0 radical (unpaired) electrons. The quantitative estimate of drug-likeness (QED) is 0.0417. The van der Waals surface area contributed by atoms with Crippen molar-refractivity contribution in [2.45, 2.75) is 266 Å². The molecule has 18 atom stereocenters. The van der Waals surface area contributed by atoms with Crippen molar-refractivity contribution in [3.05, 3.63) is 59.1 Å². The number of halogens is 1. The maximum absolute atomic E-state index is 14.8. The van der Waals surface area contributed by atoms with Crippen LogP contribution < -0.4 is 0 Å². The molecule has 426 valence electrons. The molecule has 17 heteroatoms. The molecule has 0 aromatic heterocycles. The summed E-state index contributed by atoms with van der Waals surface area (Å²) in [6.07, 6.45) is 2.60. The molecule has 9 rings (SSSR count). The number of hydrogen-bond acceptors (Lipinski definition) is 14. The van der Waals surface area contributed by atoms with Crippen molar-refractivity contribution < 1.29 is 65.9 Å². The van der Waals surface area contributed by atoms with E-state index in [2.05, 4.69) is 104 Å². The van der Waals surface area contributed by atoms with Gasteiger partial charge in [0.1, 0.15) is 48.7 Å². The van der Waals surface area contributed by atoms with Crippen LogP contribution in [0.2, 0.25) is 36.3 Å². The lowest BCUT2D eigenvalue weighted by Crippen LogP contribution is -2.61. The highest BCUT2D eigenvalue weighted by molar-refractivity contribution is 9.11. The molecule has 1 aromatic carbocycles. The van der Waals surface area contributed by atoms with Gasteiger partial charge in [0, 0.05) is 64.4 Å². The Morgan fingerprint density at radius 2 is 1.53 bits per heavy atom. The van der Waals surface area contributed by atoms with Crippen molar-refractivity contribution in [3.8, 4) is 0 Å². The van der Waals surface area contributed by atoms with Crippen LogP contribution in [0.15, 0.2) is 53.5 Å². The smallest absolute Gasteiger partial charge is 0.338 e. The Balaban J connectivity index is 0.980. The number of ketones is 1. The van der Waals surface area contributed by atoms with E-state index in [-0.39, 0.29) is 108 Å². The van der Waals surface area contributed by atoms with Gasteiger partial charge in [-0.1, -0.05) is 95.8 Å². The molecule has 0 aliphatic carbocycles. The minimum atomic E-state index is -2.27. The Morgan fingerprint density at radius 1 is 0.842 bits per heavy atom. The largest absolute Gasteiger partial charge is 0.458 e. The molecular formula is C59H91BrO14Si2. The lowest BCUT2D eigenvalue weighted by molar-refractivity contribution is -0.292. The number of hydrogen-bond donors (Lipinski definition) is 0. The second-order valence-corrected chi connectivity index (χ2v) is 37.0. The molecule has 14 nitrogen and oxygen atoms in total. The van der Waals surface area contributed by atoms with E-state index in [1.807, 2.05) is 18.2 Å². The van der Waals surface area contributed by atoms with Crippen LogP contribution in [0.1, 0.15) is 142 Å². The SMILES string of the molecule is C=C(Br)C[C@H](CC[C@@]12CC3O[C@H]4C(O1)[C@H]1O[C@@H](CC(=O)CC5[C@H](CC6O[C@@H](CCC=O)CC(C)C6=C)O[C@H](CC(CO[Si](C)(C)C(C)(C)C)O[Si](C)(C)C(C)(C)C)[C@@H]5OC)CCC1O[C@H]4C3O2)OC(=O)c1ccccc1. The van der Waals surface area contributed by atoms with E-state index in [1.54, 1.807) is 19.2 Å². The molecule has 0 N–H and O–H groups in total. The molecule has 1 aromatic rings. The van der Waals surface area contributed by atoms with Gasteiger partial charge >= 0.3 is 5.97 Å². The van der Waals surface area contributed by atoms with E-state index in [4.69, 9.17) is 51.5 Å². The molecular weight excluding hydrogens is 1070 g/mol. The molecule has 8 aliphatic rings. The van der Waals surface area contributed by atoms with E-state index in [0.717, 1.165) is 22.8 Å². The van der Waals surface area contributed by atoms with Gasteiger partial charge in [0.15, 0.2) is 22.4 Å². The second kappa shape index (κ2) is 24.2. The Hall–Kier alpha value is -1.98. The topological polar surface area (TPSA) is 153 Å². The van der Waals surface area contributed by atoms with Crippen LogP contribution >= 0.6 is 15.9 Å². The van der Waals surface area contributed by atoms with E-state index in [1.165, 1.54) is 0 Å². The number of fused-ring (bicyclic) bond motifs is 1. The van der Waals surface area contributed by atoms with Crippen LogP contribution in [0.5, 0.6) is 0 Å². The summed E-state index contributed by atoms with van der Waals surface area (Å²) in [6.45, 7) is 33.8. The average molecular weight is 1160 g/mol. The minimum absolute atomic E-state index is 0.0189. The van der Waals surface area contributed by atoms with Gasteiger partial charge in [-0.05, 0) is 96.5 Å². The van der Waals surface area contributed by atoms with Crippen LogP contribution in [-0.4, -0.2) is 146 Å². The summed E-state index contributed by atoms with van der Waals surface area (Å²) in [5.41, 5.74) is 1.49. The summed E-state index contributed by atoms with van der Waals surface area (Å²) < 4.78 is 75.6. The van der Waals surface area contributed by atoms with Gasteiger partial charge in [0.25, 0.3) is 0 Å². The Kier molecular flexibility index (Phi) is 19.2. The van der Waals surface area contributed by atoms with Gasteiger partial charge in [0.05, 0.1) is 67.1 Å². The molecule has 8 fully saturated rings. The summed E-state index contributed by atoms with van der Waals surface area (Å²) >= 11 is 3.50. The highest BCUT2D eigenvalue weighted by Gasteiger charge is 2.69. The molecule has 8 saturated heterocycles. The third-order valence-corrected chi connectivity index (χ3v) is 28.0. The Morgan fingerprint density at radius 3 is 2.20 bits per heavy atom. The van der Waals surface area contributed by atoms with Crippen molar-refractivity contribution in [2.24, 2.45) is 11.8 Å². The molecule has 0 amide bonds. The van der Waals surface area contributed by atoms with Gasteiger partial charge in [0.2, 0.25) is 0 Å². The summed E-state index contributed by atoms with van der Waals surface area (Å²) in [4.78, 5) is 39.4. The van der Waals surface area contributed by atoms with Crippen molar-refractivity contribution in [3.63, 3.8) is 0 Å². The molecule has 0 spiro atoms. The zero-order valence-electron chi connectivity index (χ0n) is 47.7. The van der Waals surface area contributed by atoms with Crippen molar-refractivity contribution in [1.29, 1.82) is 0 Å². The Labute approximate surface area is 464 Å². The third-order valence-electron chi connectivity index (χ3n) is 18.7. The predicted molar refractivity (Wildman–Crippen MR) is 298 cm³/mol. The number of methoxy groups -OCH3 is 1. The fourth-order valence-electron chi connectivity index (χ4n) is 12.4. The number of aldehydes is 1. The fourth-order valence-corrected chi connectivity index (χ4v) is 15.1. The summed E-state index contributed by atoms with van der Waals surface area (Å²) in [6, 6.07) is 8.99. The number of esters is 1. The van der Waals surface area contributed by atoms with Crippen LogP contribution in [-0.2, 0) is 61.1 Å². The Bertz CT molecular complexity index is 2200. The number of benzene rings is 1. The standard InChI is InChI=1S/C59H91BrO14Si2/c1-35-27-40(21-18-26-61)66-46(37(35)3)32-47-44(50(64-10)48(69-47)31-43(74-76(13,14)58(7,8)9)34-65-75(11,12)57(4,5)6)30-39(62)29-41-22-23-45-51(67-41)55-54-53(70-45)52-49(71-54)33-59(72-52,73-55)25-24-42(28-36(2)60)68-56(63)38-19-16-15-17-20-38/h15-17,19-20,26,35,40-55H,2-3,18,21-25,27-34H2,1,4-14H3/t35?,40-,41+,42-,43?,44?,45?,46?,47-,48+,49?,50+,51-,52?,53-,54+,55?,59-/m0/s1. The maximum atomic E-state index is 14.8. The highest BCUT2D eigenvalue weighted by Crippen LogP contribution is 2.54. The van der Waals surface area contributed by atoms with Gasteiger partial charge < -0.3 is 56.3 Å². The predicted octanol–water partition coefficient (Wildman–Crippen LogP) is 11.5. The zero-order valence-corrected chi connectivity index (χ0v) is 51.3. The summed E-state index contributed by atoms with van der Waals surface area (Å²) in [7, 11) is -2.69. The van der Waals surface area contributed by atoms with Crippen LogP contribution in [0, 0.1) is 11.8 Å². The summed E-state index contributed by atoms with van der Waals surface area (Å²) in [5.74, 6) is -1.40. The molecule has 6 bridgehead atoms. The van der Waals surface area contributed by atoms with Crippen LogP contribution in [0.25, 0.3) is 0 Å². The van der Waals surface area contributed by atoms with E-state index in [9.17, 15) is 14.4 Å². The van der Waals surface area contributed by atoms with Gasteiger partial charge in [-0.2, -0.15) is 0 Å². The number of Topliss-reactive ketones (excluding diaryl/α,β-unsaturated/α-hetero) is 1. The van der Waals surface area contributed by atoms with Crippen LogP contribution in [0.3, 0.4) is 0 Å². The van der Waals surface area contributed by atoms with Gasteiger partial charge in [-0.25, -0.2) is 4.79 Å². The average Bonchev–Trinajstić information content (AvgIpc) is 3.92. The zero-order chi connectivity index (χ0) is 55.1. The molecule has 76 heavy (non-hydrogen) atoms. The van der Waals surface area contributed by atoms with Gasteiger partial charge in [-0.15, -0.1) is 0 Å². The van der Waals surface area contributed by atoms with Crippen molar-refractivity contribution in [1.82, 2.24) is 0 Å². The normalized spacial score (nSPS) is 36.1. The number of rotatable bonds is 24. The first-order chi connectivity index (χ1) is 35.7. The van der Waals surface area contributed by atoms with E-state index >= 15 is 0 Å². The first kappa shape index (κ1) is 60.1. The second-order valence-electron chi connectivity index (χ2n) is 26.3. The molecule has 8 unspecified atom stereocenters. The monoisotopic (exact) mass is 1160 g/mol. The lowest BCUT2D eigenvalue weighted by atomic mass is 9.81. The summed E-state index contributed by atoms with van der Waals surface area (Å²) in [5, 5.41) is -0.0115. The lowest BCUT2D eigenvalue weighted by Gasteiger charge is -2.47. The van der Waals surface area contributed by atoms with E-state index < -0.39 is 52.8 Å². The van der Waals surface area contributed by atoms with Crippen LogP contribution in [0.4, 0.5) is 0 Å². The number of carbonyl (C=O) groups excluding carboxylic acids is 3. The van der Waals surface area contributed by atoms with E-state index in [0.29, 0.717) is 76.4 Å². The fraction of sp³-hybridized carbons (Fsp3) is 0.780. The first-order valence-electron chi connectivity index (χ1n) is 28.4. The minimum Gasteiger partial charge on any atom is -0.458 e.